The Kier molecular flexibility index (Phi) is 11.2. The number of fused-ring (bicyclic) bond motifs is 4. The number of aromatic nitrogens is 1. The van der Waals surface area contributed by atoms with Gasteiger partial charge in [0.2, 0.25) is 5.78 Å². The molecule has 6 rings (SSSR count). The zero-order valence-electron chi connectivity index (χ0n) is 32.8. The molecule has 0 radical (unpaired) electrons. The first-order chi connectivity index (χ1) is 25.4. The van der Waals surface area contributed by atoms with Gasteiger partial charge in [-0.05, 0) is 104 Å². The maximum atomic E-state index is 17.2. The van der Waals surface area contributed by atoms with Gasteiger partial charge in [0.1, 0.15) is 29.5 Å². The van der Waals surface area contributed by atoms with Gasteiger partial charge in [0.15, 0.2) is 25.5 Å². The van der Waals surface area contributed by atoms with Crippen LogP contribution >= 0.6 is 15.9 Å². The van der Waals surface area contributed by atoms with Crippen LogP contribution in [-0.4, -0.2) is 77.8 Å². The zero-order valence-corrected chi connectivity index (χ0v) is 35.4. The molecule has 3 aromatic rings. The SMILES string of the molecule is CCCN(CCC)Cc1c(F)c2c(c(OCc3ccccc3)c1Br)C(=O)C1=C(O)[C@]3(O[Si](C)(C)C(C)(C)C)C(=O)c4c(O)noc4[C@@H](N(C)C)[C@@H]3C[C@@H]1C2. The third kappa shape index (κ3) is 6.57. The number of carbonyl (C=O) groups is 2. The fourth-order valence-corrected chi connectivity index (χ4v) is 10.4. The maximum absolute atomic E-state index is 17.2. The van der Waals surface area contributed by atoms with Crippen LogP contribution in [-0.2, 0) is 24.0 Å². The number of carbonyl (C=O) groups excluding carboxylic acids is 2. The van der Waals surface area contributed by atoms with Crippen molar-refractivity contribution >= 4 is 35.8 Å². The number of allylic oxidation sites excluding steroid dienone is 1. The molecule has 10 nitrogen and oxygen atoms in total. The summed E-state index contributed by atoms with van der Waals surface area (Å²) >= 11 is 3.68. The maximum Gasteiger partial charge on any atom is 0.263 e. The number of ketones is 2. The lowest BCUT2D eigenvalue weighted by Gasteiger charge is -2.55. The van der Waals surface area contributed by atoms with Crippen LogP contribution in [0.4, 0.5) is 4.39 Å². The second-order valence-corrected chi connectivity index (χ2v) is 22.3. The molecule has 0 aliphatic heterocycles. The molecule has 2 N–H and O–H groups in total. The number of rotatable bonds is 12. The zero-order chi connectivity index (χ0) is 39.5. The number of aromatic hydroxyl groups is 1. The number of Topliss-reactive ketones (excluding diaryl/α,β-unsaturated/α-hetero) is 2. The molecule has 1 aromatic heterocycles. The molecule has 0 bridgehead atoms. The van der Waals surface area contributed by atoms with Crippen LogP contribution in [0.2, 0.25) is 18.1 Å². The highest BCUT2D eigenvalue weighted by Crippen LogP contribution is 2.60. The van der Waals surface area contributed by atoms with Crippen molar-refractivity contribution in [2.24, 2.45) is 11.8 Å². The van der Waals surface area contributed by atoms with Crippen LogP contribution < -0.4 is 4.74 Å². The summed E-state index contributed by atoms with van der Waals surface area (Å²) in [5.41, 5.74) is -0.687. The van der Waals surface area contributed by atoms with Gasteiger partial charge < -0.3 is 23.9 Å². The third-order valence-corrected chi connectivity index (χ3v) is 17.2. The molecule has 4 atom stereocenters. The first-order valence-corrected chi connectivity index (χ1v) is 22.6. The van der Waals surface area contributed by atoms with Crippen molar-refractivity contribution in [3.8, 4) is 11.6 Å². The van der Waals surface area contributed by atoms with E-state index in [-0.39, 0.29) is 53.2 Å². The van der Waals surface area contributed by atoms with Crippen molar-refractivity contribution < 1.29 is 37.9 Å². The van der Waals surface area contributed by atoms with Gasteiger partial charge in [0, 0.05) is 29.2 Å². The minimum Gasteiger partial charge on any atom is -0.508 e. The van der Waals surface area contributed by atoms with Crippen LogP contribution in [0, 0.1) is 17.7 Å². The third-order valence-electron chi connectivity index (χ3n) is 11.9. The van der Waals surface area contributed by atoms with Crippen molar-refractivity contribution in [2.75, 3.05) is 27.2 Å². The van der Waals surface area contributed by atoms with Crippen LogP contribution in [0.3, 0.4) is 0 Å². The number of halogens is 2. The van der Waals surface area contributed by atoms with E-state index >= 15 is 9.18 Å². The summed E-state index contributed by atoms with van der Waals surface area (Å²) in [6.07, 6.45) is 2.07. The molecule has 13 heteroatoms. The highest BCUT2D eigenvalue weighted by atomic mass is 79.9. The lowest BCUT2D eigenvalue weighted by molar-refractivity contribution is -0.0481. The Labute approximate surface area is 326 Å². The number of ether oxygens (including phenoxy) is 1. The van der Waals surface area contributed by atoms with Gasteiger partial charge in [-0.1, -0.05) is 65.0 Å². The normalized spacial score (nSPS) is 22.7. The fourth-order valence-electron chi connectivity index (χ4n) is 8.38. The Hall–Kier alpha value is -3.36. The van der Waals surface area contributed by atoms with Crippen LogP contribution in [0.1, 0.15) is 103 Å². The van der Waals surface area contributed by atoms with E-state index in [2.05, 4.69) is 39.8 Å². The molecule has 0 amide bonds. The van der Waals surface area contributed by atoms with Gasteiger partial charge in [-0.3, -0.25) is 19.4 Å². The molecule has 292 valence electrons. The fraction of sp³-hybridized carbons (Fsp3) is 0.537. The van der Waals surface area contributed by atoms with E-state index in [1.165, 1.54) is 0 Å². The summed E-state index contributed by atoms with van der Waals surface area (Å²) in [4.78, 5) is 34.2. The van der Waals surface area contributed by atoms with E-state index in [0.29, 0.717) is 16.6 Å². The lowest BCUT2D eigenvalue weighted by atomic mass is 9.58. The second-order valence-electron chi connectivity index (χ2n) is 16.8. The molecule has 2 aromatic carbocycles. The van der Waals surface area contributed by atoms with E-state index in [4.69, 9.17) is 13.7 Å². The summed E-state index contributed by atoms with van der Waals surface area (Å²) in [6.45, 7) is 16.2. The Morgan fingerprint density at radius 1 is 1.07 bits per heavy atom. The van der Waals surface area contributed by atoms with E-state index in [1.54, 1.807) is 0 Å². The molecule has 0 fully saturated rings. The van der Waals surface area contributed by atoms with E-state index in [1.807, 2.05) is 83.2 Å². The summed E-state index contributed by atoms with van der Waals surface area (Å²) < 4.78 is 36.7. The van der Waals surface area contributed by atoms with Gasteiger partial charge in [-0.25, -0.2) is 4.39 Å². The summed E-state index contributed by atoms with van der Waals surface area (Å²) in [7, 11) is 0.716. The molecule has 0 saturated carbocycles. The van der Waals surface area contributed by atoms with Crippen LogP contribution in [0.25, 0.3) is 0 Å². The second kappa shape index (κ2) is 14.9. The van der Waals surface area contributed by atoms with Gasteiger partial charge in [0.25, 0.3) is 5.88 Å². The van der Waals surface area contributed by atoms with Gasteiger partial charge in [0.05, 0.1) is 16.1 Å². The monoisotopic (exact) mass is 825 g/mol. The van der Waals surface area contributed by atoms with E-state index < -0.39 is 65.9 Å². The molecule has 1 heterocycles. The topological polar surface area (TPSA) is 126 Å². The molecule has 54 heavy (non-hydrogen) atoms. The molecular weight excluding hydrogens is 773 g/mol. The Morgan fingerprint density at radius 3 is 2.31 bits per heavy atom. The van der Waals surface area contributed by atoms with Gasteiger partial charge in [-0.2, -0.15) is 0 Å². The predicted molar refractivity (Wildman–Crippen MR) is 210 cm³/mol. The molecule has 0 saturated heterocycles. The standard InChI is InChI=1S/C41H53BrFN3O7Si/c1-10-17-46(18-11-2)21-26-31(42)35(51-22-23-15-13-12-14-16-23)29-25(32(26)43)19-24-20-27-33(45(6)7)36-30(39(50)44-52-36)38(49)41(27,37(48)28(24)34(29)47)53-54(8,9)40(3,4)5/h12-16,24,27,33,48H,10-11,17-22H2,1-9H3,(H,44,50)/t24-,27-,33-,41-/m0/s1. The number of nitrogens with zero attached hydrogens (tertiary/aromatic N) is 3. The summed E-state index contributed by atoms with van der Waals surface area (Å²) in [5, 5.41) is 27.0. The Morgan fingerprint density at radius 2 is 1.72 bits per heavy atom. The Bertz CT molecular complexity index is 1970. The molecule has 0 spiro atoms. The highest BCUT2D eigenvalue weighted by Gasteiger charge is 2.67. The first kappa shape index (κ1) is 40.3. The molecule has 3 aliphatic carbocycles. The number of hydrogen-bond acceptors (Lipinski definition) is 10. The average Bonchev–Trinajstić information content (AvgIpc) is 3.48. The van der Waals surface area contributed by atoms with Crippen molar-refractivity contribution in [3.63, 3.8) is 0 Å². The van der Waals surface area contributed by atoms with Crippen LogP contribution in [0.15, 0.2) is 50.7 Å². The van der Waals surface area contributed by atoms with Crippen molar-refractivity contribution in [2.45, 2.75) is 103 Å². The first-order valence-electron chi connectivity index (χ1n) is 18.9. The minimum absolute atomic E-state index is 0.00455. The van der Waals surface area contributed by atoms with Gasteiger partial charge >= 0.3 is 0 Å². The molecular formula is C41H53BrFN3O7Si. The largest absolute Gasteiger partial charge is 0.508 e. The number of aliphatic hydroxyl groups is 1. The predicted octanol–water partition coefficient (Wildman–Crippen LogP) is 8.93. The number of aliphatic hydroxyl groups excluding tert-OH is 1. The van der Waals surface area contributed by atoms with E-state index in [0.717, 1.165) is 31.5 Å². The van der Waals surface area contributed by atoms with Crippen molar-refractivity contribution in [3.05, 3.63) is 85.5 Å². The van der Waals surface area contributed by atoms with Crippen molar-refractivity contribution in [1.29, 1.82) is 0 Å². The van der Waals surface area contributed by atoms with Crippen LogP contribution in [0.5, 0.6) is 11.6 Å². The summed E-state index contributed by atoms with van der Waals surface area (Å²) in [5.74, 6) is -3.97. The minimum atomic E-state index is -2.92. The van der Waals surface area contributed by atoms with Gasteiger partial charge in [-0.15, -0.1) is 0 Å². The average molecular weight is 827 g/mol. The van der Waals surface area contributed by atoms with Crippen molar-refractivity contribution in [1.82, 2.24) is 15.0 Å². The number of benzene rings is 2. The smallest absolute Gasteiger partial charge is 0.263 e. The summed E-state index contributed by atoms with van der Waals surface area (Å²) in [6, 6.07) is 8.84. The number of hydrogen-bond donors (Lipinski definition) is 2. The van der Waals surface area contributed by atoms with E-state index in [9.17, 15) is 15.0 Å². The quantitative estimate of drug-likeness (QED) is 0.171. The molecule has 3 aliphatic rings. The molecule has 0 unspecified atom stereocenters. The lowest BCUT2D eigenvalue weighted by Crippen LogP contribution is -2.65. The highest BCUT2D eigenvalue weighted by molar-refractivity contribution is 9.10. The Balaban J connectivity index is 1.60.